The number of hydrogen-bond donors (Lipinski definition) is 1. The summed E-state index contributed by atoms with van der Waals surface area (Å²) in [6, 6.07) is 5.22. The first-order valence-electron chi connectivity index (χ1n) is 6.16. The minimum atomic E-state index is -0.451. The number of hydrogen-bond acceptors (Lipinski definition) is 4. The number of nitrogens with one attached hydrogen (secondary N) is 1. The highest BCUT2D eigenvalue weighted by Gasteiger charge is 2.28. The van der Waals surface area contributed by atoms with Gasteiger partial charge in [-0.05, 0) is 29.7 Å². The zero-order valence-electron chi connectivity index (χ0n) is 11.0. The summed E-state index contributed by atoms with van der Waals surface area (Å²) < 4.78 is 0. The first-order chi connectivity index (χ1) is 8.87. The molecule has 1 heterocycles. The van der Waals surface area contributed by atoms with Gasteiger partial charge in [0, 0.05) is 23.5 Å². The molecule has 19 heavy (non-hydrogen) atoms. The number of anilines is 1. The van der Waals surface area contributed by atoms with Crippen molar-refractivity contribution in [2.45, 2.75) is 26.3 Å². The van der Waals surface area contributed by atoms with Crippen molar-refractivity contribution in [3.63, 3.8) is 0 Å². The van der Waals surface area contributed by atoms with E-state index in [2.05, 4.69) is 19.2 Å². The molecule has 1 aliphatic heterocycles. The van der Waals surface area contributed by atoms with Crippen molar-refractivity contribution in [1.82, 2.24) is 0 Å². The molecule has 1 saturated heterocycles. The highest BCUT2D eigenvalue weighted by molar-refractivity contribution is 7.99. The topological polar surface area (TPSA) is 55.2 Å². The quantitative estimate of drug-likeness (QED) is 0.671. The van der Waals surface area contributed by atoms with Gasteiger partial charge in [0.15, 0.2) is 0 Å². The molecule has 6 heteroatoms. The number of rotatable bonds is 3. The Morgan fingerprint density at radius 3 is 2.89 bits per heavy atom. The van der Waals surface area contributed by atoms with Crippen molar-refractivity contribution in [2.24, 2.45) is 5.41 Å². The predicted molar refractivity (Wildman–Crippen MR) is 81.2 cm³/mol. The summed E-state index contributed by atoms with van der Waals surface area (Å²) in [5.41, 5.74) is 1.02. The number of nitrogens with zero attached hydrogens (tertiary/aromatic N) is 1. The molecule has 0 saturated carbocycles. The highest BCUT2D eigenvalue weighted by atomic mass is 35.5. The van der Waals surface area contributed by atoms with Gasteiger partial charge >= 0.3 is 0 Å². The molecular weight excluding hydrogens is 284 g/mol. The Balaban J connectivity index is 2.11. The Morgan fingerprint density at radius 2 is 2.26 bits per heavy atom. The van der Waals surface area contributed by atoms with Gasteiger partial charge in [0.05, 0.1) is 4.92 Å². The molecule has 1 aliphatic rings. The van der Waals surface area contributed by atoms with E-state index in [0.717, 1.165) is 23.6 Å². The maximum atomic E-state index is 10.9. The average Bonchev–Trinajstić information content (AvgIpc) is 2.30. The zero-order valence-corrected chi connectivity index (χ0v) is 12.6. The van der Waals surface area contributed by atoms with Crippen LogP contribution in [-0.2, 0) is 0 Å². The maximum Gasteiger partial charge on any atom is 0.289 e. The third kappa shape index (κ3) is 3.76. The minimum Gasteiger partial charge on any atom is -0.381 e. The second-order valence-corrected chi connectivity index (χ2v) is 7.09. The smallest absolute Gasteiger partial charge is 0.289 e. The van der Waals surface area contributed by atoms with Crippen LogP contribution in [0.15, 0.2) is 18.2 Å². The Morgan fingerprint density at radius 1 is 1.53 bits per heavy atom. The molecule has 1 aromatic rings. The van der Waals surface area contributed by atoms with Crippen LogP contribution in [-0.4, -0.2) is 22.5 Å². The Labute approximate surface area is 122 Å². The molecule has 0 aromatic heterocycles. The van der Waals surface area contributed by atoms with Gasteiger partial charge in [-0.1, -0.05) is 25.4 Å². The second kappa shape index (κ2) is 5.59. The van der Waals surface area contributed by atoms with Crippen LogP contribution in [0.5, 0.6) is 0 Å². The molecule has 4 nitrogen and oxygen atoms in total. The summed E-state index contributed by atoms with van der Waals surface area (Å²) in [7, 11) is 0. The van der Waals surface area contributed by atoms with Gasteiger partial charge in [-0.2, -0.15) is 11.8 Å². The zero-order chi connectivity index (χ0) is 14.0. The van der Waals surface area contributed by atoms with E-state index >= 15 is 0 Å². The van der Waals surface area contributed by atoms with Crippen LogP contribution in [0.1, 0.15) is 20.3 Å². The predicted octanol–water partition coefficient (Wildman–Crippen LogP) is 4.19. The summed E-state index contributed by atoms with van der Waals surface area (Å²) in [5, 5.41) is 14.4. The third-order valence-electron chi connectivity index (χ3n) is 3.12. The molecular formula is C13H17ClN2O2S. The molecule has 104 valence electrons. The fourth-order valence-corrected chi connectivity index (χ4v) is 3.79. The van der Waals surface area contributed by atoms with E-state index in [1.165, 1.54) is 6.07 Å². The number of halogens is 1. The maximum absolute atomic E-state index is 10.9. The third-order valence-corrected chi connectivity index (χ3v) is 5.07. The minimum absolute atomic E-state index is 0.0469. The van der Waals surface area contributed by atoms with Crippen molar-refractivity contribution >= 4 is 34.7 Å². The van der Waals surface area contributed by atoms with Crippen molar-refractivity contribution in [3.8, 4) is 0 Å². The van der Waals surface area contributed by atoms with E-state index in [9.17, 15) is 10.1 Å². The highest BCUT2D eigenvalue weighted by Crippen LogP contribution is 2.35. The summed E-state index contributed by atoms with van der Waals surface area (Å²) >= 11 is 7.73. The summed E-state index contributed by atoms with van der Waals surface area (Å²) in [6.07, 6.45) is 1.07. The van der Waals surface area contributed by atoms with Crippen LogP contribution in [0.2, 0.25) is 5.02 Å². The van der Waals surface area contributed by atoms with Crippen molar-refractivity contribution in [2.75, 3.05) is 16.8 Å². The summed E-state index contributed by atoms with van der Waals surface area (Å²) in [6.45, 7) is 4.50. The van der Waals surface area contributed by atoms with Crippen molar-refractivity contribution in [3.05, 3.63) is 33.3 Å². The summed E-state index contributed by atoms with van der Waals surface area (Å²) in [5.74, 6) is 2.19. The standard InChI is InChI=1S/C13H17ClN2O2S/c1-13(2)6-10(7-19-8-13)15-9-3-4-11(14)12(5-9)16(17)18/h3-5,10,15H,6-8H2,1-2H3. The van der Waals surface area contributed by atoms with Gasteiger partial charge < -0.3 is 5.32 Å². The molecule has 0 radical (unpaired) electrons. The van der Waals surface area contributed by atoms with E-state index in [-0.39, 0.29) is 10.7 Å². The molecule has 1 fully saturated rings. The van der Waals surface area contributed by atoms with Gasteiger partial charge in [-0.25, -0.2) is 0 Å². The molecule has 0 bridgehead atoms. The van der Waals surface area contributed by atoms with Crippen LogP contribution in [0.4, 0.5) is 11.4 Å². The van der Waals surface area contributed by atoms with Gasteiger partial charge in [-0.15, -0.1) is 0 Å². The largest absolute Gasteiger partial charge is 0.381 e. The molecule has 1 N–H and O–H groups in total. The average molecular weight is 301 g/mol. The molecule has 0 amide bonds. The normalized spacial score (nSPS) is 21.9. The van der Waals surface area contributed by atoms with Crippen LogP contribution in [0, 0.1) is 15.5 Å². The monoisotopic (exact) mass is 300 g/mol. The SMILES string of the molecule is CC1(C)CSCC(Nc2ccc(Cl)c([N+](=O)[O-])c2)C1. The van der Waals surface area contributed by atoms with Crippen molar-refractivity contribution in [1.29, 1.82) is 0 Å². The number of nitro groups is 1. The lowest BCUT2D eigenvalue weighted by molar-refractivity contribution is -0.384. The lowest BCUT2D eigenvalue weighted by atomic mass is 9.88. The molecule has 0 aliphatic carbocycles. The first-order valence-corrected chi connectivity index (χ1v) is 7.69. The van der Waals surface area contributed by atoms with Gasteiger partial charge in [0.2, 0.25) is 0 Å². The van der Waals surface area contributed by atoms with E-state index in [1.807, 2.05) is 11.8 Å². The first kappa shape index (κ1) is 14.5. The molecule has 2 rings (SSSR count). The Kier molecular flexibility index (Phi) is 4.26. The van der Waals surface area contributed by atoms with Crippen molar-refractivity contribution < 1.29 is 4.92 Å². The van der Waals surface area contributed by atoms with Gasteiger partial charge in [0.1, 0.15) is 5.02 Å². The second-order valence-electron chi connectivity index (χ2n) is 5.65. The number of benzene rings is 1. The Bertz CT molecular complexity index is 494. The van der Waals surface area contributed by atoms with Crippen LogP contribution in [0.3, 0.4) is 0 Å². The lowest BCUT2D eigenvalue weighted by Gasteiger charge is -2.35. The van der Waals surface area contributed by atoms with E-state index in [0.29, 0.717) is 11.5 Å². The fraction of sp³-hybridized carbons (Fsp3) is 0.538. The van der Waals surface area contributed by atoms with Gasteiger partial charge in [-0.3, -0.25) is 10.1 Å². The molecule has 1 aromatic carbocycles. The Hall–Kier alpha value is -0.940. The van der Waals surface area contributed by atoms with Gasteiger partial charge in [0.25, 0.3) is 5.69 Å². The number of nitro benzene ring substituents is 1. The van der Waals surface area contributed by atoms with E-state index in [1.54, 1.807) is 12.1 Å². The van der Waals surface area contributed by atoms with E-state index < -0.39 is 4.92 Å². The van der Waals surface area contributed by atoms with Crippen LogP contribution < -0.4 is 5.32 Å². The van der Waals surface area contributed by atoms with Crippen LogP contribution in [0.25, 0.3) is 0 Å². The summed E-state index contributed by atoms with van der Waals surface area (Å²) in [4.78, 5) is 10.4. The van der Waals surface area contributed by atoms with Crippen LogP contribution >= 0.6 is 23.4 Å². The fourth-order valence-electron chi connectivity index (χ4n) is 2.33. The number of thioether (sulfide) groups is 1. The molecule has 1 atom stereocenters. The van der Waals surface area contributed by atoms with E-state index in [4.69, 9.17) is 11.6 Å². The molecule has 1 unspecified atom stereocenters. The molecule has 0 spiro atoms. The lowest BCUT2D eigenvalue weighted by Crippen LogP contribution is -2.35.